The predicted molar refractivity (Wildman–Crippen MR) is 117 cm³/mol. The van der Waals surface area contributed by atoms with Gasteiger partial charge < -0.3 is 9.32 Å². The van der Waals surface area contributed by atoms with Crippen molar-refractivity contribution < 1.29 is 9.21 Å². The lowest BCUT2D eigenvalue weighted by atomic mass is 10.2. The third-order valence-corrected chi connectivity index (χ3v) is 6.57. The molecule has 1 saturated heterocycles. The zero-order valence-electron chi connectivity index (χ0n) is 16.5. The molecule has 4 aromatic rings. The van der Waals surface area contributed by atoms with Crippen LogP contribution in [0.25, 0.3) is 21.3 Å². The first-order chi connectivity index (χ1) is 14.7. The molecule has 0 saturated carbocycles. The number of carbonyl (C=O) groups excluding carboxylic acids is 1. The summed E-state index contributed by atoms with van der Waals surface area (Å²) in [6, 6.07) is 15.5. The van der Waals surface area contributed by atoms with Crippen LogP contribution >= 0.6 is 11.3 Å². The number of hydrogen-bond donors (Lipinski definition) is 0. The van der Waals surface area contributed by atoms with Crippen molar-refractivity contribution in [2.45, 2.75) is 19.5 Å². The minimum Gasteiger partial charge on any atom is -0.408 e. The molecule has 7 nitrogen and oxygen atoms in total. The summed E-state index contributed by atoms with van der Waals surface area (Å²) in [4.78, 5) is 33.7. The van der Waals surface area contributed by atoms with E-state index in [0.29, 0.717) is 31.6 Å². The lowest BCUT2D eigenvalue weighted by Crippen LogP contribution is -2.48. The molecule has 2 aromatic heterocycles. The summed E-state index contributed by atoms with van der Waals surface area (Å²) in [7, 11) is 0. The third kappa shape index (κ3) is 3.76. The van der Waals surface area contributed by atoms with E-state index in [1.807, 2.05) is 41.3 Å². The van der Waals surface area contributed by atoms with E-state index in [-0.39, 0.29) is 5.91 Å². The summed E-state index contributed by atoms with van der Waals surface area (Å²) in [6.07, 6.45) is 0.293. The van der Waals surface area contributed by atoms with Gasteiger partial charge in [0.1, 0.15) is 5.01 Å². The van der Waals surface area contributed by atoms with Crippen LogP contribution in [0.15, 0.2) is 57.7 Å². The van der Waals surface area contributed by atoms with E-state index in [0.717, 1.165) is 35.7 Å². The van der Waals surface area contributed by atoms with Crippen LogP contribution in [-0.2, 0) is 17.9 Å². The van der Waals surface area contributed by atoms with Gasteiger partial charge in [0.2, 0.25) is 5.91 Å². The van der Waals surface area contributed by atoms with E-state index >= 15 is 0 Å². The lowest BCUT2D eigenvalue weighted by Gasteiger charge is -2.34. The SMILES string of the molecule is O=C(CCn1c(=O)oc2ccccc21)N1CCN(Cc2nc3ccccc3s2)CC1. The Labute approximate surface area is 177 Å². The van der Waals surface area contributed by atoms with Gasteiger partial charge in [-0.05, 0) is 24.3 Å². The number of fused-ring (bicyclic) bond motifs is 2. The monoisotopic (exact) mass is 422 g/mol. The van der Waals surface area contributed by atoms with Crippen molar-refractivity contribution in [2.75, 3.05) is 26.2 Å². The standard InChI is InChI=1S/C22H22N4O3S/c27-21(9-10-26-17-6-2-3-7-18(17)29-22(26)28)25-13-11-24(12-14-25)15-20-23-16-5-1-4-8-19(16)30-20/h1-8H,9-15H2. The molecule has 1 aliphatic rings. The van der Waals surface area contributed by atoms with Gasteiger partial charge in [-0.3, -0.25) is 14.3 Å². The highest BCUT2D eigenvalue weighted by molar-refractivity contribution is 7.18. The van der Waals surface area contributed by atoms with E-state index in [9.17, 15) is 9.59 Å². The number of carbonyl (C=O) groups is 1. The quantitative estimate of drug-likeness (QED) is 0.495. The zero-order chi connectivity index (χ0) is 20.5. The van der Waals surface area contributed by atoms with Gasteiger partial charge >= 0.3 is 5.76 Å². The van der Waals surface area contributed by atoms with Gasteiger partial charge in [-0.25, -0.2) is 9.78 Å². The highest BCUT2D eigenvalue weighted by Crippen LogP contribution is 2.23. The van der Waals surface area contributed by atoms with Gasteiger partial charge in [0.25, 0.3) is 0 Å². The number of benzene rings is 2. The van der Waals surface area contributed by atoms with Gasteiger partial charge in [-0.2, -0.15) is 0 Å². The Balaban J connectivity index is 1.15. The first kappa shape index (κ1) is 19.0. The van der Waals surface area contributed by atoms with Crippen LogP contribution < -0.4 is 5.76 Å². The molecule has 1 aliphatic heterocycles. The number of piperazine rings is 1. The summed E-state index contributed by atoms with van der Waals surface area (Å²) in [5, 5.41) is 1.11. The Kier molecular flexibility index (Phi) is 5.10. The molecule has 0 spiro atoms. The Morgan fingerprint density at radius 3 is 2.63 bits per heavy atom. The number of para-hydroxylation sites is 3. The first-order valence-corrected chi connectivity index (χ1v) is 10.9. The maximum Gasteiger partial charge on any atom is 0.419 e. The molecule has 1 amide bonds. The number of amides is 1. The Morgan fingerprint density at radius 2 is 1.80 bits per heavy atom. The van der Waals surface area contributed by atoms with Crippen LogP contribution in [0.3, 0.4) is 0 Å². The van der Waals surface area contributed by atoms with Crippen LogP contribution in [0.5, 0.6) is 0 Å². The van der Waals surface area contributed by atoms with Crippen molar-refractivity contribution in [1.29, 1.82) is 0 Å². The number of thiazole rings is 1. The molecule has 154 valence electrons. The lowest BCUT2D eigenvalue weighted by molar-refractivity contribution is -0.133. The molecule has 0 bridgehead atoms. The fourth-order valence-electron chi connectivity index (χ4n) is 3.93. The van der Waals surface area contributed by atoms with Crippen molar-refractivity contribution in [3.63, 3.8) is 0 Å². The van der Waals surface area contributed by atoms with Crippen molar-refractivity contribution in [1.82, 2.24) is 19.4 Å². The van der Waals surface area contributed by atoms with Gasteiger partial charge in [0.15, 0.2) is 5.58 Å². The Bertz CT molecular complexity index is 1220. The van der Waals surface area contributed by atoms with Crippen LogP contribution in [0.4, 0.5) is 0 Å². The maximum absolute atomic E-state index is 12.7. The number of hydrogen-bond acceptors (Lipinski definition) is 6. The van der Waals surface area contributed by atoms with Gasteiger partial charge in [0, 0.05) is 39.1 Å². The smallest absolute Gasteiger partial charge is 0.408 e. The second-order valence-corrected chi connectivity index (χ2v) is 8.58. The normalized spacial score (nSPS) is 15.3. The van der Waals surface area contributed by atoms with Gasteiger partial charge in [0.05, 0.1) is 22.3 Å². The van der Waals surface area contributed by atoms with Crippen LogP contribution in [0.1, 0.15) is 11.4 Å². The average molecular weight is 423 g/mol. The second-order valence-electron chi connectivity index (χ2n) is 7.47. The largest absolute Gasteiger partial charge is 0.419 e. The first-order valence-electron chi connectivity index (χ1n) is 10.1. The molecule has 0 radical (unpaired) electrons. The van der Waals surface area contributed by atoms with E-state index in [2.05, 4.69) is 11.0 Å². The number of rotatable bonds is 5. The Morgan fingerprint density at radius 1 is 1.03 bits per heavy atom. The van der Waals surface area contributed by atoms with E-state index in [1.165, 1.54) is 9.27 Å². The van der Waals surface area contributed by atoms with Gasteiger partial charge in [-0.1, -0.05) is 24.3 Å². The third-order valence-electron chi connectivity index (χ3n) is 5.55. The average Bonchev–Trinajstić information content (AvgIpc) is 3.31. The summed E-state index contributed by atoms with van der Waals surface area (Å²) in [6.45, 7) is 4.21. The van der Waals surface area contributed by atoms with Crippen molar-refractivity contribution >= 4 is 38.6 Å². The fraction of sp³-hybridized carbons (Fsp3) is 0.318. The Hall–Kier alpha value is -2.97. The molecule has 8 heteroatoms. The topological polar surface area (TPSA) is 71.6 Å². The van der Waals surface area contributed by atoms with E-state index in [1.54, 1.807) is 17.4 Å². The van der Waals surface area contributed by atoms with E-state index < -0.39 is 5.76 Å². The predicted octanol–water partition coefficient (Wildman–Crippen LogP) is 2.94. The molecule has 2 aromatic carbocycles. The number of oxazole rings is 1. The van der Waals surface area contributed by atoms with Crippen molar-refractivity contribution in [3.8, 4) is 0 Å². The molecular formula is C22H22N4O3S. The molecule has 0 atom stereocenters. The van der Waals surface area contributed by atoms with Crippen LogP contribution in [0, 0.1) is 0 Å². The molecule has 3 heterocycles. The molecule has 5 rings (SSSR count). The summed E-state index contributed by atoms with van der Waals surface area (Å²) in [5.41, 5.74) is 2.34. The zero-order valence-corrected chi connectivity index (χ0v) is 17.3. The van der Waals surface area contributed by atoms with Crippen LogP contribution in [0.2, 0.25) is 0 Å². The van der Waals surface area contributed by atoms with Crippen molar-refractivity contribution in [3.05, 3.63) is 64.1 Å². The summed E-state index contributed by atoms with van der Waals surface area (Å²) in [5.74, 6) is -0.337. The number of nitrogens with zero attached hydrogens (tertiary/aromatic N) is 4. The number of aryl methyl sites for hydroxylation is 1. The summed E-state index contributed by atoms with van der Waals surface area (Å²) < 4.78 is 7.99. The molecular weight excluding hydrogens is 400 g/mol. The molecule has 0 aliphatic carbocycles. The van der Waals surface area contributed by atoms with Crippen LogP contribution in [-0.4, -0.2) is 51.4 Å². The highest BCUT2D eigenvalue weighted by atomic mass is 32.1. The molecule has 0 unspecified atom stereocenters. The molecule has 0 N–H and O–H groups in total. The highest BCUT2D eigenvalue weighted by Gasteiger charge is 2.22. The molecule has 1 fully saturated rings. The summed E-state index contributed by atoms with van der Waals surface area (Å²) >= 11 is 1.73. The minimum absolute atomic E-state index is 0.0758. The minimum atomic E-state index is -0.412. The van der Waals surface area contributed by atoms with E-state index in [4.69, 9.17) is 9.40 Å². The fourth-order valence-corrected chi connectivity index (χ4v) is 4.94. The van der Waals surface area contributed by atoms with Crippen molar-refractivity contribution in [2.24, 2.45) is 0 Å². The molecule has 30 heavy (non-hydrogen) atoms. The van der Waals surface area contributed by atoms with Gasteiger partial charge in [-0.15, -0.1) is 11.3 Å². The second kappa shape index (κ2) is 8.04. The number of aromatic nitrogens is 2. The maximum atomic E-state index is 12.7.